The molecule has 0 saturated heterocycles. The van der Waals surface area contributed by atoms with Gasteiger partial charge in [0, 0.05) is 12.1 Å². The molecule has 4 rings (SSSR count). The van der Waals surface area contributed by atoms with Gasteiger partial charge in [0.05, 0.1) is 29.8 Å². The molecule has 2 aromatic heterocycles. The van der Waals surface area contributed by atoms with Crippen LogP contribution in [0, 0.1) is 0 Å². The molecule has 0 bridgehead atoms. The van der Waals surface area contributed by atoms with Gasteiger partial charge in [-0.3, -0.25) is 9.59 Å². The number of carbonyl (C=O) groups excluding carboxylic acids is 1. The summed E-state index contributed by atoms with van der Waals surface area (Å²) in [7, 11) is 1.58. The second kappa shape index (κ2) is 10.3. The van der Waals surface area contributed by atoms with Gasteiger partial charge < -0.3 is 19.6 Å². The molecule has 4 aromatic rings. The third-order valence-electron chi connectivity index (χ3n) is 5.14. The maximum absolute atomic E-state index is 12.7. The van der Waals surface area contributed by atoms with E-state index in [2.05, 4.69) is 32.1 Å². The minimum Gasteiger partial charge on any atom is -0.497 e. The van der Waals surface area contributed by atoms with Crippen molar-refractivity contribution in [3.8, 4) is 5.75 Å². The lowest BCUT2D eigenvalue weighted by Gasteiger charge is -2.15. The van der Waals surface area contributed by atoms with E-state index in [1.54, 1.807) is 43.5 Å². The van der Waals surface area contributed by atoms with Crippen molar-refractivity contribution in [2.24, 2.45) is 0 Å². The molecule has 0 saturated carbocycles. The third-order valence-corrected chi connectivity index (χ3v) is 6.12. The van der Waals surface area contributed by atoms with Crippen molar-refractivity contribution in [3.63, 3.8) is 0 Å². The van der Waals surface area contributed by atoms with E-state index in [1.807, 2.05) is 29.7 Å². The summed E-state index contributed by atoms with van der Waals surface area (Å²) in [5.74, 6) is 2.00. The van der Waals surface area contributed by atoms with Crippen LogP contribution in [0.4, 0.5) is 0 Å². The average molecular weight is 477 g/mol. The number of aromatic amines is 1. The van der Waals surface area contributed by atoms with E-state index in [4.69, 9.17) is 4.74 Å². The lowest BCUT2D eigenvalue weighted by atomic mass is 10.2. The van der Waals surface area contributed by atoms with Gasteiger partial charge in [0.15, 0.2) is 11.0 Å². The van der Waals surface area contributed by atoms with Crippen molar-refractivity contribution >= 4 is 28.6 Å². The van der Waals surface area contributed by atoms with Gasteiger partial charge >= 0.3 is 0 Å². The summed E-state index contributed by atoms with van der Waals surface area (Å²) in [5, 5.41) is 12.7. The number of methoxy groups -OCH3 is 1. The number of H-pyrrole nitrogens is 1. The van der Waals surface area contributed by atoms with Crippen LogP contribution in [0.15, 0.2) is 71.1 Å². The van der Waals surface area contributed by atoms with E-state index in [-0.39, 0.29) is 11.5 Å². The summed E-state index contributed by atoms with van der Waals surface area (Å²) in [6.45, 7) is 6.14. The molecule has 34 heavy (non-hydrogen) atoms. The maximum Gasteiger partial charge on any atom is 0.258 e. The van der Waals surface area contributed by atoms with Crippen LogP contribution < -0.4 is 15.6 Å². The zero-order valence-electron chi connectivity index (χ0n) is 18.8. The molecule has 9 nitrogen and oxygen atoms in total. The van der Waals surface area contributed by atoms with Gasteiger partial charge in [-0.25, -0.2) is 4.98 Å². The third kappa shape index (κ3) is 5.01. The number of hydrogen-bond donors (Lipinski definition) is 2. The number of benzene rings is 2. The average Bonchev–Trinajstić information content (AvgIpc) is 3.25. The van der Waals surface area contributed by atoms with Crippen LogP contribution in [0.5, 0.6) is 5.75 Å². The summed E-state index contributed by atoms with van der Waals surface area (Å²) < 4.78 is 7.02. The molecular formula is C24H24N6O3S. The Morgan fingerprint density at radius 3 is 2.74 bits per heavy atom. The van der Waals surface area contributed by atoms with Gasteiger partial charge in [0.1, 0.15) is 11.6 Å². The van der Waals surface area contributed by atoms with Crippen LogP contribution in [-0.4, -0.2) is 37.7 Å². The number of allylic oxidation sites excluding steroid dienone is 1. The fourth-order valence-corrected chi connectivity index (χ4v) is 4.28. The highest BCUT2D eigenvalue weighted by atomic mass is 32.2. The number of carbonyl (C=O) groups is 1. The Kier molecular flexibility index (Phi) is 7.07. The summed E-state index contributed by atoms with van der Waals surface area (Å²) in [6, 6.07) is 13.7. The summed E-state index contributed by atoms with van der Waals surface area (Å²) in [6.07, 6.45) is 1.74. The molecule has 2 heterocycles. The second-order valence-corrected chi connectivity index (χ2v) is 8.42. The quantitative estimate of drug-likeness (QED) is 0.281. The number of fused-ring (bicyclic) bond motifs is 1. The van der Waals surface area contributed by atoms with E-state index in [0.717, 1.165) is 0 Å². The van der Waals surface area contributed by atoms with E-state index in [9.17, 15) is 9.59 Å². The number of thioether (sulfide) groups is 1. The first-order valence-corrected chi connectivity index (χ1v) is 11.6. The Bertz CT molecular complexity index is 1380. The van der Waals surface area contributed by atoms with Crippen molar-refractivity contribution < 1.29 is 9.53 Å². The molecule has 2 aromatic carbocycles. The van der Waals surface area contributed by atoms with E-state index >= 15 is 0 Å². The van der Waals surface area contributed by atoms with Crippen molar-refractivity contribution in [1.82, 2.24) is 30.0 Å². The normalized spacial score (nSPS) is 11.8. The number of nitrogens with one attached hydrogen (secondary N) is 2. The Morgan fingerprint density at radius 2 is 2.00 bits per heavy atom. The topological polar surface area (TPSA) is 115 Å². The number of hydrogen-bond acceptors (Lipinski definition) is 7. The zero-order chi connectivity index (χ0) is 24.1. The van der Waals surface area contributed by atoms with Crippen LogP contribution in [-0.2, 0) is 12.3 Å². The largest absolute Gasteiger partial charge is 0.497 e. The molecular weight excluding hydrogens is 452 g/mol. The Labute approximate surface area is 200 Å². The molecule has 2 N–H and O–H groups in total. The van der Waals surface area contributed by atoms with Crippen molar-refractivity contribution in [2.45, 2.75) is 30.4 Å². The van der Waals surface area contributed by atoms with Gasteiger partial charge in [-0.05, 0) is 43.3 Å². The first-order chi connectivity index (χ1) is 16.5. The first kappa shape index (κ1) is 23.2. The maximum atomic E-state index is 12.7. The monoisotopic (exact) mass is 476 g/mol. The van der Waals surface area contributed by atoms with Crippen LogP contribution in [0.2, 0.25) is 0 Å². The number of nitrogens with zero attached hydrogens (tertiary/aromatic N) is 4. The molecule has 1 amide bonds. The minimum absolute atomic E-state index is 0.177. The number of ether oxygens (including phenoxy) is 1. The molecule has 10 heteroatoms. The van der Waals surface area contributed by atoms with Gasteiger partial charge in [-0.15, -0.1) is 16.8 Å². The van der Waals surface area contributed by atoms with Crippen LogP contribution in [0.25, 0.3) is 10.9 Å². The lowest BCUT2D eigenvalue weighted by Crippen LogP contribution is -2.28. The highest BCUT2D eigenvalue weighted by molar-refractivity contribution is 7.98. The van der Waals surface area contributed by atoms with Crippen molar-refractivity contribution in [1.29, 1.82) is 0 Å². The van der Waals surface area contributed by atoms with E-state index in [0.29, 0.717) is 51.3 Å². The van der Waals surface area contributed by atoms with Crippen LogP contribution in [0.1, 0.15) is 35.0 Å². The molecule has 0 radical (unpaired) electrons. The predicted octanol–water partition coefficient (Wildman–Crippen LogP) is 3.49. The number of para-hydroxylation sites is 1. The van der Waals surface area contributed by atoms with Crippen LogP contribution in [0.3, 0.4) is 0 Å². The zero-order valence-corrected chi connectivity index (χ0v) is 19.6. The van der Waals surface area contributed by atoms with Crippen LogP contribution >= 0.6 is 11.8 Å². The number of aromatic nitrogens is 5. The number of amides is 1. The SMILES string of the molecule is C=CCn1c(SCc2nc3ccccc3c(=O)[nH]2)nnc1[C@H](C)NC(=O)c1ccc(OC)cc1. The molecule has 0 aliphatic rings. The van der Waals surface area contributed by atoms with E-state index < -0.39 is 6.04 Å². The Hall–Kier alpha value is -3.92. The number of rotatable bonds is 9. The molecule has 0 aliphatic heterocycles. The molecule has 0 aliphatic carbocycles. The summed E-state index contributed by atoms with van der Waals surface area (Å²) >= 11 is 1.40. The van der Waals surface area contributed by atoms with Gasteiger partial charge in [0.25, 0.3) is 11.5 Å². The Balaban J connectivity index is 1.50. The van der Waals surface area contributed by atoms with Gasteiger partial charge in [-0.2, -0.15) is 0 Å². The van der Waals surface area contributed by atoms with E-state index in [1.165, 1.54) is 11.8 Å². The fraction of sp³-hybridized carbons (Fsp3) is 0.208. The highest BCUT2D eigenvalue weighted by Crippen LogP contribution is 2.24. The van der Waals surface area contributed by atoms with Gasteiger partial charge in [0.2, 0.25) is 0 Å². The molecule has 0 fully saturated rings. The Morgan fingerprint density at radius 1 is 1.24 bits per heavy atom. The lowest BCUT2D eigenvalue weighted by molar-refractivity contribution is 0.0937. The fourth-order valence-electron chi connectivity index (χ4n) is 3.45. The molecule has 0 spiro atoms. The second-order valence-electron chi connectivity index (χ2n) is 7.48. The smallest absolute Gasteiger partial charge is 0.258 e. The highest BCUT2D eigenvalue weighted by Gasteiger charge is 2.20. The van der Waals surface area contributed by atoms with Crippen molar-refractivity contribution in [2.75, 3.05) is 7.11 Å². The minimum atomic E-state index is -0.394. The summed E-state index contributed by atoms with van der Waals surface area (Å²) in [4.78, 5) is 32.4. The standard InChI is InChI=1S/C24H24N6O3S/c1-4-13-30-21(15(2)25-22(31)16-9-11-17(33-3)12-10-16)28-29-24(30)34-14-20-26-19-8-6-5-7-18(19)23(32)27-20/h4-12,15H,1,13-14H2,2-3H3,(H,25,31)(H,26,27,32)/t15-/m0/s1. The molecule has 174 valence electrons. The molecule has 0 unspecified atom stereocenters. The van der Waals surface area contributed by atoms with Gasteiger partial charge in [-0.1, -0.05) is 30.0 Å². The van der Waals surface area contributed by atoms with Crippen molar-refractivity contribution in [3.05, 3.63) is 88.8 Å². The first-order valence-electron chi connectivity index (χ1n) is 10.6. The molecule has 1 atom stereocenters. The summed E-state index contributed by atoms with van der Waals surface area (Å²) in [5.41, 5.74) is 0.984. The predicted molar refractivity (Wildman–Crippen MR) is 131 cm³/mol.